The lowest BCUT2D eigenvalue weighted by Crippen LogP contribution is -2.43. The number of fused-ring (bicyclic) bond motifs is 1. The Morgan fingerprint density at radius 1 is 1.22 bits per heavy atom. The van der Waals surface area contributed by atoms with Gasteiger partial charge < -0.3 is 33.8 Å². The Morgan fingerprint density at radius 2 is 2.00 bits per heavy atom. The maximum absolute atomic E-state index is 12.5. The number of rotatable bonds is 9. The summed E-state index contributed by atoms with van der Waals surface area (Å²) in [7, 11) is 2.95. The van der Waals surface area contributed by atoms with E-state index in [-0.39, 0.29) is 37.9 Å². The predicted molar refractivity (Wildman–Crippen MR) is 124 cm³/mol. The highest BCUT2D eigenvalue weighted by Gasteiger charge is 2.35. The van der Waals surface area contributed by atoms with Gasteiger partial charge in [0.05, 0.1) is 27.0 Å². The third-order valence-electron chi connectivity index (χ3n) is 5.92. The molecule has 1 aromatic rings. The Bertz CT molecular complexity index is 1100. The summed E-state index contributed by atoms with van der Waals surface area (Å²) in [5.41, 5.74) is 3.65. The van der Waals surface area contributed by atoms with Gasteiger partial charge in [0, 0.05) is 30.5 Å². The normalized spacial score (nSPS) is 20.4. The highest BCUT2D eigenvalue weighted by Crippen LogP contribution is 2.52. The van der Waals surface area contributed by atoms with Crippen LogP contribution in [0, 0.1) is 5.92 Å². The van der Waals surface area contributed by atoms with E-state index in [2.05, 4.69) is 21.0 Å². The summed E-state index contributed by atoms with van der Waals surface area (Å²) in [5, 5.41) is 10.6. The molecule has 13 heteroatoms. The average Bonchev–Trinajstić information content (AvgIpc) is 3.55. The molecule has 1 aromatic carbocycles. The number of nitrogens with zero attached hydrogens (tertiary/aromatic N) is 2. The van der Waals surface area contributed by atoms with E-state index < -0.39 is 23.9 Å². The maximum atomic E-state index is 12.5. The van der Waals surface area contributed by atoms with Crippen molar-refractivity contribution in [1.82, 2.24) is 10.7 Å². The van der Waals surface area contributed by atoms with E-state index in [0.29, 0.717) is 53.5 Å². The second-order valence-electron chi connectivity index (χ2n) is 8.14. The number of benzene rings is 1. The summed E-state index contributed by atoms with van der Waals surface area (Å²) in [6.45, 7) is 2.43. The van der Waals surface area contributed by atoms with Crippen LogP contribution in [-0.2, 0) is 30.4 Å². The molecule has 2 amide bonds. The largest absolute Gasteiger partial charge is 0.492 e. The Hall–Kier alpha value is -4.03. The molecule has 2 atom stereocenters. The molecule has 36 heavy (non-hydrogen) atoms. The fraction of sp³-hybridized carbons (Fsp3) is 0.522. The highest BCUT2D eigenvalue weighted by molar-refractivity contribution is 6.36. The van der Waals surface area contributed by atoms with Gasteiger partial charge in [0.2, 0.25) is 24.2 Å². The van der Waals surface area contributed by atoms with Crippen molar-refractivity contribution in [1.29, 1.82) is 0 Å². The SMILES string of the molecule is CCOC(=O)C1=NOC(Cc2c(C=NNC(=O)C3CCCNC3=O)c3c(c(OC)c2OC)OCO3)C1. The summed E-state index contributed by atoms with van der Waals surface area (Å²) in [6, 6.07) is 0. The Kier molecular flexibility index (Phi) is 7.76. The van der Waals surface area contributed by atoms with Crippen LogP contribution in [-0.4, -0.2) is 70.0 Å². The molecule has 0 aliphatic carbocycles. The van der Waals surface area contributed by atoms with E-state index in [9.17, 15) is 14.4 Å². The molecule has 194 valence electrons. The molecule has 0 saturated carbocycles. The van der Waals surface area contributed by atoms with Crippen LogP contribution >= 0.6 is 0 Å². The van der Waals surface area contributed by atoms with E-state index >= 15 is 0 Å². The minimum Gasteiger partial charge on any atom is -0.492 e. The molecule has 1 saturated heterocycles. The lowest BCUT2D eigenvalue weighted by atomic mass is 9.96. The standard InChI is InChI=1S/C23H28N4O9/c1-4-33-23(30)16-9-12(36-27-16)8-14-15(10-25-26-22(29)13-6-5-7-24-21(13)28)18-20(35-11-34-18)19(32-3)17(14)31-2/h10,12-13H,4-9,11H2,1-3H3,(H,24,28)(H,26,29). The van der Waals surface area contributed by atoms with E-state index in [1.165, 1.54) is 20.4 Å². The second-order valence-corrected chi connectivity index (χ2v) is 8.14. The van der Waals surface area contributed by atoms with Crippen LogP contribution in [0.1, 0.15) is 37.3 Å². The van der Waals surface area contributed by atoms with Gasteiger partial charge in [-0.2, -0.15) is 5.10 Å². The van der Waals surface area contributed by atoms with Gasteiger partial charge in [-0.3, -0.25) is 9.59 Å². The number of hydrazone groups is 1. The van der Waals surface area contributed by atoms with Crippen molar-refractivity contribution < 1.29 is 42.9 Å². The predicted octanol–water partition coefficient (Wildman–Crippen LogP) is 0.659. The smallest absolute Gasteiger partial charge is 0.356 e. The number of amides is 2. The average molecular weight is 504 g/mol. The third kappa shape index (κ3) is 4.99. The van der Waals surface area contributed by atoms with Gasteiger partial charge in [-0.25, -0.2) is 10.2 Å². The first-order valence-electron chi connectivity index (χ1n) is 11.5. The van der Waals surface area contributed by atoms with Crippen LogP contribution in [0.5, 0.6) is 23.0 Å². The summed E-state index contributed by atoms with van der Waals surface area (Å²) in [5.74, 6) is -0.823. The van der Waals surface area contributed by atoms with Gasteiger partial charge in [0.15, 0.2) is 17.2 Å². The number of esters is 1. The lowest BCUT2D eigenvalue weighted by Gasteiger charge is -2.20. The number of carbonyl (C=O) groups excluding carboxylic acids is 3. The molecular weight excluding hydrogens is 476 g/mol. The molecule has 0 aromatic heterocycles. The molecule has 3 aliphatic rings. The number of oxime groups is 1. The van der Waals surface area contributed by atoms with Crippen LogP contribution in [0.4, 0.5) is 0 Å². The fourth-order valence-electron chi connectivity index (χ4n) is 4.25. The molecule has 4 rings (SSSR count). The number of nitrogens with one attached hydrogen (secondary N) is 2. The van der Waals surface area contributed by atoms with Crippen LogP contribution in [0.25, 0.3) is 0 Å². The molecule has 13 nitrogen and oxygen atoms in total. The molecule has 0 radical (unpaired) electrons. The number of carbonyl (C=O) groups is 3. The van der Waals surface area contributed by atoms with Crippen molar-refractivity contribution in [2.24, 2.45) is 16.2 Å². The van der Waals surface area contributed by atoms with E-state index in [0.717, 1.165) is 0 Å². The van der Waals surface area contributed by atoms with E-state index in [4.69, 9.17) is 28.5 Å². The van der Waals surface area contributed by atoms with Crippen molar-refractivity contribution in [3.05, 3.63) is 11.1 Å². The number of hydrogen-bond acceptors (Lipinski definition) is 11. The molecule has 2 N–H and O–H groups in total. The molecule has 3 aliphatic heterocycles. The first-order chi connectivity index (χ1) is 17.5. The Morgan fingerprint density at radius 3 is 2.72 bits per heavy atom. The summed E-state index contributed by atoms with van der Waals surface area (Å²) < 4.78 is 27.5. The number of hydrogen-bond donors (Lipinski definition) is 2. The molecular formula is C23H28N4O9. The van der Waals surface area contributed by atoms with Crippen LogP contribution in [0.2, 0.25) is 0 Å². The second kappa shape index (κ2) is 11.1. The third-order valence-corrected chi connectivity index (χ3v) is 5.92. The summed E-state index contributed by atoms with van der Waals surface area (Å²) in [6.07, 6.45) is 2.51. The monoisotopic (exact) mass is 504 g/mol. The Labute approximate surface area is 207 Å². The van der Waals surface area contributed by atoms with Crippen molar-refractivity contribution >= 4 is 29.7 Å². The molecule has 0 spiro atoms. The highest BCUT2D eigenvalue weighted by atomic mass is 16.7. The zero-order chi connectivity index (χ0) is 25.7. The van der Waals surface area contributed by atoms with Crippen molar-refractivity contribution in [3.63, 3.8) is 0 Å². The lowest BCUT2D eigenvalue weighted by molar-refractivity contribution is -0.137. The van der Waals surface area contributed by atoms with Gasteiger partial charge in [-0.1, -0.05) is 5.16 Å². The van der Waals surface area contributed by atoms with Crippen LogP contribution in [0.15, 0.2) is 10.3 Å². The van der Waals surface area contributed by atoms with Gasteiger partial charge >= 0.3 is 5.97 Å². The van der Waals surface area contributed by atoms with Gasteiger partial charge in [0.25, 0.3) is 5.91 Å². The van der Waals surface area contributed by atoms with Crippen molar-refractivity contribution in [2.45, 2.75) is 38.7 Å². The summed E-state index contributed by atoms with van der Waals surface area (Å²) >= 11 is 0. The number of ether oxygens (including phenoxy) is 5. The van der Waals surface area contributed by atoms with Crippen LogP contribution in [0.3, 0.4) is 0 Å². The van der Waals surface area contributed by atoms with Crippen LogP contribution < -0.4 is 29.7 Å². The zero-order valence-corrected chi connectivity index (χ0v) is 20.3. The van der Waals surface area contributed by atoms with Crippen molar-refractivity contribution in [2.75, 3.05) is 34.2 Å². The minimum absolute atomic E-state index is 0.0518. The van der Waals surface area contributed by atoms with Gasteiger partial charge in [-0.15, -0.1) is 0 Å². The maximum Gasteiger partial charge on any atom is 0.356 e. The van der Waals surface area contributed by atoms with Crippen molar-refractivity contribution in [3.8, 4) is 23.0 Å². The van der Waals surface area contributed by atoms with Gasteiger partial charge in [0.1, 0.15) is 12.0 Å². The zero-order valence-electron chi connectivity index (χ0n) is 20.3. The quantitative estimate of drug-likeness (QED) is 0.213. The molecule has 2 unspecified atom stereocenters. The topological polar surface area (TPSA) is 155 Å². The molecule has 3 heterocycles. The molecule has 0 bridgehead atoms. The number of piperidine rings is 1. The fourth-order valence-corrected chi connectivity index (χ4v) is 4.25. The first kappa shape index (κ1) is 25.1. The summed E-state index contributed by atoms with van der Waals surface area (Å²) in [4.78, 5) is 42.0. The Balaban J connectivity index is 1.61. The van der Waals surface area contributed by atoms with E-state index in [1.807, 2.05) is 0 Å². The first-order valence-corrected chi connectivity index (χ1v) is 11.5. The number of methoxy groups -OCH3 is 2. The van der Waals surface area contributed by atoms with E-state index in [1.54, 1.807) is 6.92 Å². The molecule has 1 fully saturated rings. The van der Waals surface area contributed by atoms with Gasteiger partial charge in [-0.05, 0) is 19.8 Å². The minimum atomic E-state index is -0.809.